The zero-order valence-electron chi connectivity index (χ0n) is 13.9. The van der Waals surface area contributed by atoms with E-state index in [1.807, 2.05) is 6.26 Å². The molecule has 0 saturated heterocycles. The molecule has 0 aliphatic carbocycles. The topological polar surface area (TPSA) is 9.23 Å². The van der Waals surface area contributed by atoms with Crippen LogP contribution in [0, 0.1) is 0 Å². The number of rotatable bonds is 12. The first kappa shape index (κ1) is 17.8. The van der Waals surface area contributed by atoms with Gasteiger partial charge in [-0.25, -0.2) is 0 Å². The Morgan fingerprint density at radius 3 is 2.00 bits per heavy atom. The monoisotopic (exact) mass is 288 g/mol. The second-order valence-electron chi connectivity index (χ2n) is 5.82. The smallest absolute Gasteiger partial charge is 0.0862 e. The van der Waals surface area contributed by atoms with Crippen molar-refractivity contribution in [3.8, 4) is 0 Å². The summed E-state index contributed by atoms with van der Waals surface area (Å²) in [6.07, 6.45) is 15.4. The summed E-state index contributed by atoms with van der Waals surface area (Å²) < 4.78 is 5.23. The van der Waals surface area contributed by atoms with E-state index in [1.165, 1.54) is 68.9 Å². The maximum atomic E-state index is 5.23. The van der Waals surface area contributed by atoms with Gasteiger partial charge in [-0.15, -0.1) is 0 Å². The van der Waals surface area contributed by atoms with Crippen LogP contribution in [0.2, 0.25) is 0 Å². The molecule has 21 heavy (non-hydrogen) atoms. The second kappa shape index (κ2) is 12.5. The van der Waals surface area contributed by atoms with Crippen molar-refractivity contribution in [2.24, 2.45) is 0 Å². The summed E-state index contributed by atoms with van der Waals surface area (Å²) in [7, 11) is 1.74. The molecule has 1 nitrogen and oxygen atoms in total. The fourth-order valence-electron chi connectivity index (χ4n) is 2.69. The molecule has 0 spiro atoms. The molecule has 0 aliphatic heterocycles. The Kier molecular flexibility index (Phi) is 10.6. The van der Waals surface area contributed by atoms with Gasteiger partial charge in [0.05, 0.1) is 13.4 Å². The molecule has 0 aliphatic rings. The zero-order chi connectivity index (χ0) is 15.2. The standard InChI is InChI=1S/C20H32O/c1-3-4-5-6-7-8-9-10-12-17-20(18-21-2)19-15-13-11-14-16-19/h11,13-16,18H,3-10,12,17H2,1-2H3/b20-18-. The Balaban J connectivity index is 2.14. The molecule has 1 aromatic rings. The van der Waals surface area contributed by atoms with Gasteiger partial charge < -0.3 is 4.74 Å². The molecule has 0 bridgehead atoms. The Bertz CT molecular complexity index is 367. The molecule has 0 N–H and O–H groups in total. The van der Waals surface area contributed by atoms with E-state index in [2.05, 4.69) is 37.3 Å². The minimum absolute atomic E-state index is 1.12. The maximum Gasteiger partial charge on any atom is 0.0862 e. The van der Waals surface area contributed by atoms with Crippen molar-refractivity contribution in [3.63, 3.8) is 0 Å². The van der Waals surface area contributed by atoms with Gasteiger partial charge in [0.2, 0.25) is 0 Å². The largest absolute Gasteiger partial charge is 0.504 e. The van der Waals surface area contributed by atoms with Crippen molar-refractivity contribution in [3.05, 3.63) is 42.2 Å². The van der Waals surface area contributed by atoms with Crippen LogP contribution in [0.1, 0.15) is 76.7 Å². The predicted octanol–water partition coefficient (Wildman–Crippen LogP) is 6.59. The lowest BCUT2D eigenvalue weighted by molar-refractivity contribution is 0.338. The molecule has 0 heterocycles. The molecular weight excluding hydrogens is 256 g/mol. The van der Waals surface area contributed by atoms with Gasteiger partial charge in [0.15, 0.2) is 0 Å². The third-order valence-electron chi connectivity index (χ3n) is 3.95. The van der Waals surface area contributed by atoms with Crippen LogP contribution in [0.25, 0.3) is 5.57 Å². The third-order valence-corrected chi connectivity index (χ3v) is 3.95. The molecule has 0 saturated carbocycles. The van der Waals surface area contributed by atoms with Crippen LogP contribution < -0.4 is 0 Å². The number of methoxy groups -OCH3 is 1. The zero-order valence-corrected chi connectivity index (χ0v) is 13.9. The van der Waals surface area contributed by atoms with Crippen LogP contribution in [0.15, 0.2) is 36.6 Å². The second-order valence-corrected chi connectivity index (χ2v) is 5.82. The van der Waals surface area contributed by atoms with Gasteiger partial charge in [-0.05, 0) is 24.0 Å². The lowest BCUT2D eigenvalue weighted by atomic mass is 10.00. The van der Waals surface area contributed by atoms with Gasteiger partial charge >= 0.3 is 0 Å². The first-order valence-corrected chi connectivity index (χ1v) is 8.65. The van der Waals surface area contributed by atoms with E-state index in [0.717, 1.165) is 6.42 Å². The van der Waals surface area contributed by atoms with Crippen LogP contribution >= 0.6 is 0 Å². The predicted molar refractivity (Wildman–Crippen MR) is 93.3 cm³/mol. The van der Waals surface area contributed by atoms with Crippen LogP contribution in [-0.2, 0) is 4.74 Å². The van der Waals surface area contributed by atoms with Gasteiger partial charge in [-0.2, -0.15) is 0 Å². The summed E-state index contributed by atoms with van der Waals surface area (Å²) in [5, 5.41) is 0. The van der Waals surface area contributed by atoms with E-state index in [1.54, 1.807) is 7.11 Å². The number of hydrogen-bond donors (Lipinski definition) is 0. The molecule has 1 aromatic carbocycles. The van der Waals surface area contributed by atoms with E-state index in [9.17, 15) is 0 Å². The number of allylic oxidation sites excluding steroid dienone is 1. The minimum atomic E-state index is 1.12. The highest BCUT2D eigenvalue weighted by Gasteiger charge is 2.01. The van der Waals surface area contributed by atoms with Crippen molar-refractivity contribution in [1.82, 2.24) is 0 Å². The fourth-order valence-corrected chi connectivity index (χ4v) is 2.69. The molecule has 0 radical (unpaired) electrons. The van der Waals surface area contributed by atoms with Crippen molar-refractivity contribution >= 4 is 5.57 Å². The fraction of sp³-hybridized carbons (Fsp3) is 0.600. The van der Waals surface area contributed by atoms with Crippen LogP contribution in [0.5, 0.6) is 0 Å². The Hall–Kier alpha value is -1.24. The Labute approximate surface area is 131 Å². The molecule has 0 unspecified atom stereocenters. The lowest BCUT2D eigenvalue weighted by Crippen LogP contribution is -1.88. The summed E-state index contributed by atoms with van der Waals surface area (Å²) in [6, 6.07) is 10.6. The van der Waals surface area contributed by atoms with E-state index in [0.29, 0.717) is 0 Å². The van der Waals surface area contributed by atoms with E-state index in [4.69, 9.17) is 4.74 Å². The highest BCUT2D eigenvalue weighted by Crippen LogP contribution is 2.21. The number of ether oxygens (including phenoxy) is 1. The summed E-state index contributed by atoms with van der Waals surface area (Å²) in [4.78, 5) is 0. The van der Waals surface area contributed by atoms with E-state index >= 15 is 0 Å². The Morgan fingerprint density at radius 1 is 0.857 bits per heavy atom. The number of benzene rings is 1. The molecule has 1 rings (SSSR count). The minimum Gasteiger partial charge on any atom is -0.504 e. The molecule has 0 amide bonds. The summed E-state index contributed by atoms with van der Waals surface area (Å²) in [6.45, 7) is 2.28. The first-order chi connectivity index (χ1) is 10.4. The number of hydrogen-bond acceptors (Lipinski definition) is 1. The molecule has 0 atom stereocenters. The van der Waals surface area contributed by atoms with E-state index in [-0.39, 0.29) is 0 Å². The van der Waals surface area contributed by atoms with Crippen LogP contribution in [0.3, 0.4) is 0 Å². The van der Waals surface area contributed by atoms with Crippen molar-refractivity contribution < 1.29 is 4.74 Å². The van der Waals surface area contributed by atoms with E-state index < -0.39 is 0 Å². The highest BCUT2D eigenvalue weighted by molar-refractivity contribution is 5.64. The van der Waals surface area contributed by atoms with Gasteiger partial charge in [0.1, 0.15) is 0 Å². The summed E-state index contributed by atoms with van der Waals surface area (Å²) in [5.74, 6) is 0. The molecule has 0 fully saturated rings. The summed E-state index contributed by atoms with van der Waals surface area (Å²) in [5.41, 5.74) is 2.61. The van der Waals surface area contributed by atoms with Crippen molar-refractivity contribution in [2.45, 2.75) is 71.1 Å². The molecular formula is C20H32O. The average Bonchev–Trinajstić information content (AvgIpc) is 2.53. The molecule has 118 valence electrons. The quantitative estimate of drug-likeness (QED) is 0.311. The SMILES string of the molecule is CCCCCCCCCCC/C(=C/OC)c1ccccc1. The van der Waals surface area contributed by atoms with Crippen LogP contribution in [-0.4, -0.2) is 7.11 Å². The third kappa shape index (κ3) is 8.60. The van der Waals surface area contributed by atoms with Crippen molar-refractivity contribution in [2.75, 3.05) is 7.11 Å². The van der Waals surface area contributed by atoms with Gasteiger partial charge in [-0.1, -0.05) is 88.6 Å². The Morgan fingerprint density at radius 2 is 1.43 bits per heavy atom. The first-order valence-electron chi connectivity index (χ1n) is 8.65. The highest BCUT2D eigenvalue weighted by atomic mass is 16.5. The van der Waals surface area contributed by atoms with Gasteiger partial charge in [0, 0.05) is 0 Å². The van der Waals surface area contributed by atoms with Gasteiger partial charge in [-0.3, -0.25) is 0 Å². The van der Waals surface area contributed by atoms with Crippen LogP contribution in [0.4, 0.5) is 0 Å². The molecule has 0 aromatic heterocycles. The lowest BCUT2D eigenvalue weighted by Gasteiger charge is -2.08. The normalized spacial score (nSPS) is 11.6. The van der Waals surface area contributed by atoms with Gasteiger partial charge in [0.25, 0.3) is 0 Å². The average molecular weight is 288 g/mol. The summed E-state index contributed by atoms with van der Waals surface area (Å²) >= 11 is 0. The molecule has 1 heteroatoms. The maximum absolute atomic E-state index is 5.23. The number of unbranched alkanes of at least 4 members (excludes halogenated alkanes) is 8. The van der Waals surface area contributed by atoms with Crippen molar-refractivity contribution in [1.29, 1.82) is 0 Å².